The van der Waals surface area contributed by atoms with E-state index >= 15 is 0 Å². The summed E-state index contributed by atoms with van der Waals surface area (Å²) in [5.74, 6) is 1.41. The van der Waals surface area contributed by atoms with E-state index < -0.39 is 6.10 Å². The number of aryl methyl sites for hydroxylation is 1. The molecule has 0 saturated heterocycles. The summed E-state index contributed by atoms with van der Waals surface area (Å²) in [6.07, 6.45) is 0.648. The second-order valence-electron chi connectivity index (χ2n) is 4.84. The number of methoxy groups -OCH3 is 2. The van der Waals surface area contributed by atoms with Crippen LogP contribution in [0, 0.1) is 0 Å². The van der Waals surface area contributed by atoms with Crippen LogP contribution < -0.4 is 15.2 Å². The van der Waals surface area contributed by atoms with Gasteiger partial charge in [0.25, 0.3) is 0 Å². The van der Waals surface area contributed by atoms with Gasteiger partial charge in [0.2, 0.25) is 0 Å². The van der Waals surface area contributed by atoms with Crippen molar-refractivity contribution < 1.29 is 14.6 Å². The molecule has 0 saturated carbocycles. The Labute approximate surface area is 125 Å². The zero-order valence-electron chi connectivity index (χ0n) is 12.4. The van der Waals surface area contributed by atoms with Crippen LogP contribution >= 0.6 is 0 Å². The summed E-state index contributed by atoms with van der Waals surface area (Å²) in [6, 6.07) is 13.1. The third-order valence-corrected chi connectivity index (χ3v) is 3.53. The topological polar surface area (TPSA) is 64.7 Å². The first-order valence-electron chi connectivity index (χ1n) is 6.89. The molecule has 0 aromatic heterocycles. The van der Waals surface area contributed by atoms with Gasteiger partial charge in [0.05, 0.1) is 20.3 Å². The minimum absolute atomic E-state index is 0.567. The van der Waals surface area contributed by atoms with Gasteiger partial charge in [-0.2, -0.15) is 0 Å². The molecule has 0 amide bonds. The highest BCUT2D eigenvalue weighted by atomic mass is 16.5. The van der Waals surface area contributed by atoms with E-state index in [2.05, 4.69) is 0 Å². The third kappa shape index (κ3) is 3.47. The van der Waals surface area contributed by atoms with Crippen molar-refractivity contribution in [3.8, 4) is 11.5 Å². The fourth-order valence-corrected chi connectivity index (χ4v) is 2.41. The quantitative estimate of drug-likeness (QED) is 0.802. The molecule has 0 bridgehead atoms. The van der Waals surface area contributed by atoms with Gasteiger partial charge in [-0.1, -0.05) is 30.3 Å². The molecule has 3 N–H and O–H groups in total. The number of ether oxygens (including phenoxy) is 2. The van der Waals surface area contributed by atoms with E-state index in [1.807, 2.05) is 36.4 Å². The molecule has 0 aliphatic rings. The van der Waals surface area contributed by atoms with Gasteiger partial charge in [0.15, 0.2) is 11.5 Å². The SMILES string of the molecule is COc1cccc(CCC(O)c2ccccc2N)c1OC. The first kappa shape index (κ1) is 15.2. The standard InChI is InChI=1S/C17H21NO3/c1-20-16-9-5-6-12(17(16)21-2)10-11-15(19)13-7-3-4-8-14(13)18/h3-9,15,19H,10-11,18H2,1-2H3. The Morgan fingerprint density at radius 1 is 1.05 bits per heavy atom. The first-order valence-corrected chi connectivity index (χ1v) is 6.89. The molecule has 0 aliphatic carbocycles. The van der Waals surface area contributed by atoms with Gasteiger partial charge < -0.3 is 20.3 Å². The van der Waals surface area contributed by atoms with Crippen LogP contribution in [0.5, 0.6) is 11.5 Å². The molecule has 1 unspecified atom stereocenters. The van der Waals surface area contributed by atoms with Crippen LogP contribution in [0.2, 0.25) is 0 Å². The normalized spacial score (nSPS) is 12.0. The van der Waals surface area contributed by atoms with Gasteiger partial charge in [-0.3, -0.25) is 0 Å². The molecule has 0 fully saturated rings. The number of aliphatic hydroxyl groups is 1. The van der Waals surface area contributed by atoms with Crippen molar-refractivity contribution in [1.82, 2.24) is 0 Å². The molecule has 0 radical (unpaired) electrons. The molecule has 2 rings (SSSR count). The number of nitrogens with two attached hydrogens (primary N) is 1. The van der Waals surface area contributed by atoms with E-state index in [9.17, 15) is 5.11 Å². The summed E-state index contributed by atoms with van der Waals surface area (Å²) in [5.41, 5.74) is 8.27. The van der Waals surface area contributed by atoms with Crippen LogP contribution in [0.1, 0.15) is 23.7 Å². The number of hydrogen-bond acceptors (Lipinski definition) is 4. The summed E-state index contributed by atoms with van der Waals surface area (Å²) in [6.45, 7) is 0. The zero-order valence-corrected chi connectivity index (χ0v) is 12.4. The molecule has 4 heteroatoms. The lowest BCUT2D eigenvalue weighted by atomic mass is 9.99. The Morgan fingerprint density at radius 2 is 1.81 bits per heavy atom. The van der Waals surface area contributed by atoms with Crippen LogP contribution in [-0.4, -0.2) is 19.3 Å². The van der Waals surface area contributed by atoms with Crippen molar-refractivity contribution in [2.75, 3.05) is 20.0 Å². The van der Waals surface area contributed by atoms with Gasteiger partial charge >= 0.3 is 0 Å². The Morgan fingerprint density at radius 3 is 2.48 bits per heavy atom. The van der Waals surface area contributed by atoms with Gasteiger partial charge in [-0.05, 0) is 30.5 Å². The van der Waals surface area contributed by atoms with Gasteiger partial charge in [0, 0.05) is 11.3 Å². The summed E-state index contributed by atoms with van der Waals surface area (Å²) in [5, 5.41) is 10.3. The van der Waals surface area contributed by atoms with E-state index in [0.717, 1.165) is 11.1 Å². The van der Waals surface area contributed by atoms with E-state index in [-0.39, 0.29) is 0 Å². The lowest BCUT2D eigenvalue weighted by Gasteiger charge is -2.16. The van der Waals surface area contributed by atoms with Crippen molar-refractivity contribution in [1.29, 1.82) is 0 Å². The number of aliphatic hydroxyl groups excluding tert-OH is 1. The predicted octanol–water partition coefficient (Wildman–Crippen LogP) is 2.95. The molecule has 0 heterocycles. The monoisotopic (exact) mass is 287 g/mol. The summed E-state index contributed by atoms with van der Waals surface area (Å²) in [4.78, 5) is 0. The number of anilines is 1. The van der Waals surface area contributed by atoms with Crippen molar-refractivity contribution in [3.63, 3.8) is 0 Å². The number of hydrogen-bond donors (Lipinski definition) is 2. The number of benzene rings is 2. The van der Waals surface area contributed by atoms with Gasteiger partial charge in [-0.15, -0.1) is 0 Å². The van der Waals surface area contributed by atoms with E-state index in [4.69, 9.17) is 15.2 Å². The number of nitrogen functional groups attached to an aromatic ring is 1. The largest absolute Gasteiger partial charge is 0.493 e. The molecule has 2 aromatic carbocycles. The maximum absolute atomic E-state index is 10.3. The average molecular weight is 287 g/mol. The maximum atomic E-state index is 10.3. The smallest absolute Gasteiger partial charge is 0.163 e. The van der Waals surface area contributed by atoms with Crippen molar-refractivity contribution in [3.05, 3.63) is 53.6 Å². The van der Waals surface area contributed by atoms with Crippen LogP contribution in [0.4, 0.5) is 5.69 Å². The molecule has 21 heavy (non-hydrogen) atoms. The Hall–Kier alpha value is -2.20. The lowest BCUT2D eigenvalue weighted by molar-refractivity contribution is 0.168. The van der Waals surface area contributed by atoms with Gasteiger partial charge in [0.1, 0.15) is 0 Å². The average Bonchev–Trinajstić information content (AvgIpc) is 2.52. The minimum atomic E-state index is -0.595. The van der Waals surface area contributed by atoms with Crippen molar-refractivity contribution in [2.24, 2.45) is 0 Å². The third-order valence-electron chi connectivity index (χ3n) is 3.53. The second kappa shape index (κ2) is 6.99. The van der Waals surface area contributed by atoms with E-state index in [0.29, 0.717) is 30.0 Å². The van der Waals surface area contributed by atoms with Crippen LogP contribution in [-0.2, 0) is 6.42 Å². The first-order chi connectivity index (χ1) is 10.2. The molecule has 0 aliphatic heterocycles. The van der Waals surface area contributed by atoms with E-state index in [1.165, 1.54) is 0 Å². The molecule has 2 aromatic rings. The highest BCUT2D eigenvalue weighted by Crippen LogP contribution is 2.33. The fourth-order valence-electron chi connectivity index (χ4n) is 2.41. The maximum Gasteiger partial charge on any atom is 0.163 e. The zero-order chi connectivity index (χ0) is 15.2. The highest BCUT2D eigenvalue weighted by molar-refractivity contribution is 5.48. The fraction of sp³-hybridized carbons (Fsp3) is 0.294. The van der Waals surface area contributed by atoms with Crippen molar-refractivity contribution in [2.45, 2.75) is 18.9 Å². The van der Waals surface area contributed by atoms with Crippen molar-refractivity contribution >= 4 is 5.69 Å². The Balaban J connectivity index is 2.11. The molecule has 4 nitrogen and oxygen atoms in total. The minimum Gasteiger partial charge on any atom is -0.493 e. The lowest BCUT2D eigenvalue weighted by Crippen LogP contribution is -2.04. The Bertz CT molecular complexity index is 598. The van der Waals surface area contributed by atoms with Crippen LogP contribution in [0.25, 0.3) is 0 Å². The number of para-hydroxylation sites is 2. The van der Waals surface area contributed by atoms with Crippen LogP contribution in [0.3, 0.4) is 0 Å². The molecule has 0 spiro atoms. The highest BCUT2D eigenvalue weighted by Gasteiger charge is 2.14. The van der Waals surface area contributed by atoms with E-state index in [1.54, 1.807) is 20.3 Å². The van der Waals surface area contributed by atoms with Crippen LogP contribution in [0.15, 0.2) is 42.5 Å². The summed E-state index contributed by atoms with van der Waals surface area (Å²) < 4.78 is 10.7. The van der Waals surface area contributed by atoms with Gasteiger partial charge in [-0.25, -0.2) is 0 Å². The predicted molar refractivity (Wildman–Crippen MR) is 83.7 cm³/mol. The molecule has 112 valence electrons. The second-order valence-corrected chi connectivity index (χ2v) is 4.84. The molecule has 1 atom stereocenters. The summed E-state index contributed by atoms with van der Waals surface area (Å²) >= 11 is 0. The summed E-state index contributed by atoms with van der Waals surface area (Å²) in [7, 11) is 3.23. The molecular weight excluding hydrogens is 266 g/mol. The Kier molecular flexibility index (Phi) is 5.06. The number of rotatable bonds is 6. The molecular formula is C17H21NO3.